The van der Waals surface area contributed by atoms with Gasteiger partial charge in [-0.1, -0.05) is 17.7 Å². The van der Waals surface area contributed by atoms with Crippen LogP contribution in [-0.4, -0.2) is 40.6 Å². The van der Waals surface area contributed by atoms with E-state index < -0.39 is 0 Å². The number of aromatic nitrogens is 2. The number of anilines is 1. The van der Waals surface area contributed by atoms with Gasteiger partial charge in [0.2, 0.25) is 5.91 Å². The average Bonchev–Trinajstić information content (AvgIpc) is 3.39. The number of halogens is 1. The lowest BCUT2D eigenvalue weighted by atomic mass is 10.2. The van der Waals surface area contributed by atoms with Crippen LogP contribution in [-0.2, 0) is 16.1 Å². The van der Waals surface area contributed by atoms with E-state index in [2.05, 4.69) is 15.6 Å². The first-order chi connectivity index (χ1) is 15.3. The zero-order valence-corrected chi connectivity index (χ0v) is 19.3. The van der Waals surface area contributed by atoms with E-state index in [1.165, 1.54) is 22.2 Å². The number of benzene rings is 1. The number of rotatable bonds is 6. The van der Waals surface area contributed by atoms with Crippen molar-refractivity contribution in [2.24, 2.45) is 0 Å². The molecule has 0 bridgehead atoms. The Morgan fingerprint density at radius 3 is 2.88 bits per heavy atom. The van der Waals surface area contributed by atoms with Crippen LogP contribution in [0.25, 0.3) is 10.2 Å². The Kier molecular flexibility index (Phi) is 6.59. The van der Waals surface area contributed by atoms with E-state index in [0.29, 0.717) is 37.9 Å². The molecule has 10 heteroatoms. The molecule has 1 saturated heterocycles. The lowest BCUT2D eigenvalue weighted by Crippen LogP contribution is -2.31. The number of amides is 2. The first-order valence-corrected chi connectivity index (χ1v) is 11.5. The number of carbonyl (C=O) groups is 2. The van der Waals surface area contributed by atoms with E-state index in [9.17, 15) is 14.4 Å². The van der Waals surface area contributed by atoms with Gasteiger partial charge in [0.1, 0.15) is 11.4 Å². The van der Waals surface area contributed by atoms with Gasteiger partial charge in [-0.05, 0) is 49.9 Å². The molecule has 0 saturated carbocycles. The predicted molar refractivity (Wildman–Crippen MR) is 125 cm³/mol. The van der Waals surface area contributed by atoms with Crippen molar-refractivity contribution in [2.45, 2.75) is 39.3 Å². The van der Waals surface area contributed by atoms with Crippen molar-refractivity contribution >= 4 is 50.7 Å². The lowest BCUT2D eigenvalue weighted by Gasteiger charge is -2.10. The SMILES string of the molecule is Cc1ccc(NC(=O)Cn2cnc3sc(C(=O)NCC4CCCO4)c(C)c3c2=O)cc1Cl. The Bertz CT molecular complexity index is 1250. The van der Waals surface area contributed by atoms with Gasteiger partial charge in [0.25, 0.3) is 11.5 Å². The Hall–Kier alpha value is -2.75. The summed E-state index contributed by atoms with van der Waals surface area (Å²) >= 11 is 7.27. The minimum absolute atomic E-state index is 0.0333. The molecule has 0 aliphatic carbocycles. The van der Waals surface area contributed by atoms with Crippen LogP contribution in [0.15, 0.2) is 29.3 Å². The molecule has 0 spiro atoms. The van der Waals surface area contributed by atoms with Crippen molar-refractivity contribution in [3.8, 4) is 0 Å². The second kappa shape index (κ2) is 9.40. The summed E-state index contributed by atoms with van der Waals surface area (Å²) in [4.78, 5) is 43.3. The molecular formula is C22H23ClN4O4S. The highest BCUT2D eigenvalue weighted by atomic mass is 35.5. The molecule has 4 rings (SSSR count). The van der Waals surface area contributed by atoms with E-state index in [4.69, 9.17) is 16.3 Å². The van der Waals surface area contributed by atoms with E-state index >= 15 is 0 Å². The maximum absolute atomic E-state index is 13.0. The van der Waals surface area contributed by atoms with E-state index in [1.807, 2.05) is 6.92 Å². The third-order valence-corrected chi connectivity index (χ3v) is 7.01. The van der Waals surface area contributed by atoms with Gasteiger partial charge in [-0.25, -0.2) is 4.98 Å². The van der Waals surface area contributed by atoms with Crippen molar-refractivity contribution < 1.29 is 14.3 Å². The van der Waals surface area contributed by atoms with Gasteiger partial charge in [-0.3, -0.25) is 19.0 Å². The third kappa shape index (κ3) is 4.69. The van der Waals surface area contributed by atoms with Crippen LogP contribution in [0.1, 0.15) is 33.6 Å². The van der Waals surface area contributed by atoms with Gasteiger partial charge in [-0.2, -0.15) is 0 Å². The quantitative estimate of drug-likeness (QED) is 0.570. The highest BCUT2D eigenvalue weighted by Gasteiger charge is 2.22. The van der Waals surface area contributed by atoms with Gasteiger partial charge in [-0.15, -0.1) is 11.3 Å². The fourth-order valence-electron chi connectivity index (χ4n) is 3.61. The average molecular weight is 475 g/mol. The molecule has 3 aromatic rings. The van der Waals surface area contributed by atoms with Crippen LogP contribution >= 0.6 is 22.9 Å². The lowest BCUT2D eigenvalue weighted by molar-refractivity contribution is -0.116. The Labute approximate surface area is 193 Å². The number of hydrogen-bond acceptors (Lipinski definition) is 6. The van der Waals surface area contributed by atoms with Gasteiger partial charge < -0.3 is 15.4 Å². The summed E-state index contributed by atoms with van der Waals surface area (Å²) in [7, 11) is 0. The zero-order valence-electron chi connectivity index (χ0n) is 17.7. The van der Waals surface area contributed by atoms with Crippen LogP contribution in [0.4, 0.5) is 5.69 Å². The number of ether oxygens (including phenoxy) is 1. The molecule has 0 radical (unpaired) electrons. The molecule has 168 valence electrons. The summed E-state index contributed by atoms with van der Waals surface area (Å²) in [6.45, 7) is 4.54. The molecule has 1 aliphatic rings. The third-order valence-electron chi connectivity index (χ3n) is 5.41. The number of carbonyl (C=O) groups excluding carboxylic acids is 2. The molecule has 1 atom stereocenters. The summed E-state index contributed by atoms with van der Waals surface area (Å²) < 4.78 is 6.77. The largest absolute Gasteiger partial charge is 0.376 e. The Balaban J connectivity index is 1.51. The molecule has 1 aromatic carbocycles. The molecule has 2 aromatic heterocycles. The van der Waals surface area contributed by atoms with Crippen LogP contribution in [0.2, 0.25) is 5.02 Å². The number of thiophene rings is 1. The number of aryl methyl sites for hydroxylation is 2. The number of nitrogens with one attached hydrogen (secondary N) is 2. The molecule has 2 amide bonds. The molecular weight excluding hydrogens is 452 g/mol. The first kappa shape index (κ1) is 22.4. The smallest absolute Gasteiger partial charge is 0.262 e. The maximum Gasteiger partial charge on any atom is 0.262 e. The van der Waals surface area contributed by atoms with Gasteiger partial charge in [0, 0.05) is 23.9 Å². The fraction of sp³-hybridized carbons (Fsp3) is 0.364. The number of fused-ring (bicyclic) bond motifs is 1. The number of nitrogens with zero attached hydrogens (tertiary/aromatic N) is 2. The second-order valence-corrected chi connectivity index (χ2v) is 9.18. The van der Waals surface area contributed by atoms with E-state index in [0.717, 1.165) is 25.0 Å². The molecule has 3 heterocycles. The summed E-state index contributed by atoms with van der Waals surface area (Å²) in [5.74, 6) is -0.628. The topological polar surface area (TPSA) is 102 Å². The van der Waals surface area contributed by atoms with Crippen molar-refractivity contribution in [2.75, 3.05) is 18.5 Å². The van der Waals surface area contributed by atoms with Crippen LogP contribution in [0.3, 0.4) is 0 Å². The Morgan fingerprint density at radius 2 is 2.16 bits per heavy atom. The van der Waals surface area contributed by atoms with Gasteiger partial charge >= 0.3 is 0 Å². The highest BCUT2D eigenvalue weighted by molar-refractivity contribution is 7.20. The zero-order chi connectivity index (χ0) is 22.8. The van der Waals surface area contributed by atoms with Gasteiger partial charge in [0.15, 0.2) is 0 Å². The first-order valence-electron chi connectivity index (χ1n) is 10.3. The number of hydrogen-bond donors (Lipinski definition) is 2. The summed E-state index contributed by atoms with van der Waals surface area (Å²) in [5, 5.41) is 6.51. The summed E-state index contributed by atoms with van der Waals surface area (Å²) in [6, 6.07) is 5.20. The Morgan fingerprint density at radius 1 is 1.34 bits per heavy atom. The van der Waals surface area contributed by atoms with E-state index in [1.54, 1.807) is 25.1 Å². The van der Waals surface area contributed by atoms with Crippen LogP contribution < -0.4 is 16.2 Å². The maximum atomic E-state index is 13.0. The van der Waals surface area contributed by atoms with Gasteiger partial charge in [0.05, 0.1) is 22.7 Å². The minimum atomic E-state index is -0.379. The predicted octanol–water partition coefficient (Wildman–Crippen LogP) is 3.28. The second-order valence-electron chi connectivity index (χ2n) is 7.77. The monoisotopic (exact) mass is 474 g/mol. The van der Waals surface area contributed by atoms with Crippen molar-refractivity contribution in [1.82, 2.24) is 14.9 Å². The highest BCUT2D eigenvalue weighted by Crippen LogP contribution is 2.27. The molecule has 8 nitrogen and oxygen atoms in total. The molecule has 2 N–H and O–H groups in total. The minimum Gasteiger partial charge on any atom is -0.376 e. The fourth-order valence-corrected chi connectivity index (χ4v) is 4.84. The molecule has 32 heavy (non-hydrogen) atoms. The standard InChI is InChI=1S/C22H23ClN4O4S/c1-12-5-6-14(8-16(12)23)26-17(28)10-27-11-25-21-18(22(27)30)13(2)19(32-21)20(29)24-9-15-4-3-7-31-15/h5-6,8,11,15H,3-4,7,9-10H2,1-2H3,(H,24,29)(H,26,28). The van der Waals surface area contributed by atoms with Crippen molar-refractivity contribution in [1.29, 1.82) is 0 Å². The van der Waals surface area contributed by atoms with Crippen molar-refractivity contribution in [3.05, 3.63) is 55.9 Å². The summed E-state index contributed by atoms with van der Waals surface area (Å²) in [6.07, 6.45) is 3.28. The summed E-state index contributed by atoms with van der Waals surface area (Å²) in [5.41, 5.74) is 1.65. The molecule has 1 unspecified atom stereocenters. The molecule has 1 fully saturated rings. The van der Waals surface area contributed by atoms with Crippen LogP contribution in [0.5, 0.6) is 0 Å². The van der Waals surface area contributed by atoms with Crippen LogP contribution in [0, 0.1) is 13.8 Å². The van der Waals surface area contributed by atoms with E-state index in [-0.39, 0.29) is 30.0 Å². The normalized spacial score (nSPS) is 15.8. The molecule has 1 aliphatic heterocycles. The van der Waals surface area contributed by atoms with Crippen molar-refractivity contribution in [3.63, 3.8) is 0 Å².